The summed E-state index contributed by atoms with van der Waals surface area (Å²) in [6.45, 7) is 4.12. The van der Waals surface area contributed by atoms with Crippen LogP contribution >= 0.6 is 11.8 Å². The van der Waals surface area contributed by atoms with Crippen molar-refractivity contribution in [3.05, 3.63) is 23.5 Å². The molecule has 1 rings (SSSR count). The van der Waals surface area contributed by atoms with E-state index in [0.717, 1.165) is 10.6 Å². The monoisotopic (exact) mass is 266 g/mol. The molecule has 0 aliphatic carbocycles. The average molecular weight is 266 g/mol. The predicted molar refractivity (Wildman–Crippen MR) is 73.3 cm³/mol. The van der Waals surface area contributed by atoms with Gasteiger partial charge in [0.1, 0.15) is 11.4 Å². The van der Waals surface area contributed by atoms with Gasteiger partial charge in [-0.25, -0.2) is 4.98 Å². The smallest absolute Gasteiger partial charge is 0.180 e. The van der Waals surface area contributed by atoms with Gasteiger partial charge in [-0.15, -0.1) is 11.8 Å². The zero-order chi connectivity index (χ0) is 13.5. The minimum atomic E-state index is -0.0460. The third-order valence-electron chi connectivity index (χ3n) is 2.40. The quantitative estimate of drug-likeness (QED) is 0.605. The second kappa shape index (κ2) is 7.28. The number of aromatic nitrogens is 1. The van der Waals surface area contributed by atoms with Crippen LogP contribution in [-0.4, -0.2) is 28.8 Å². The van der Waals surface area contributed by atoms with Gasteiger partial charge in [0, 0.05) is 30.0 Å². The fourth-order valence-corrected chi connectivity index (χ4v) is 2.16. The fraction of sp³-hybridized carbons (Fsp3) is 0.462. The van der Waals surface area contributed by atoms with Gasteiger partial charge < -0.3 is 5.73 Å². The summed E-state index contributed by atoms with van der Waals surface area (Å²) in [6.07, 6.45) is 0.773. The number of carbonyl (C=O) groups is 2. The van der Waals surface area contributed by atoms with E-state index in [1.807, 2.05) is 0 Å². The number of ketones is 2. The molecule has 1 heterocycles. The van der Waals surface area contributed by atoms with Gasteiger partial charge in [-0.05, 0) is 12.1 Å². The molecule has 0 bridgehead atoms. The molecule has 0 fully saturated rings. The summed E-state index contributed by atoms with van der Waals surface area (Å²) in [6, 6.07) is 3.47. The summed E-state index contributed by atoms with van der Waals surface area (Å²) >= 11 is 1.54. The van der Waals surface area contributed by atoms with Crippen molar-refractivity contribution in [2.75, 3.05) is 12.3 Å². The van der Waals surface area contributed by atoms with Crippen LogP contribution in [0.3, 0.4) is 0 Å². The maximum atomic E-state index is 11.7. The van der Waals surface area contributed by atoms with Gasteiger partial charge in [0.25, 0.3) is 0 Å². The Morgan fingerprint density at radius 1 is 1.17 bits per heavy atom. The van der Waals surface area contributed by atoms with Gasteiger partial charge in [0.05, 0.1) is 0 Å². The molecule has 1 aromatic rings. The maximum Gasteiger partial charge on any atom is 0.180 e. The Labute approximate surface area is 111 Å². The molecule has 2 N–H and O–H groups in total. The first-order valence-corrected chi connectivity index (χ1v) is 7.02. The maximum absolute atomic E-state index is 11.7. The fourth-order valence-electron chi connectivity index (χ4n) is 1.41. The molecule has 0 amide bonds. The largest absolute Gasteiger partial charge is 0.330 e. The van der Waals surface area contributed by atoms with E-state index in [1.165, 1.54) is 11.8 Å². The van der Waals surface area contributed by atoms with Crippen molar-refractivity contribution in [3.63, 3.8) is 0 Å². The normalized spacial score (nSPS) is 10.4. The SMILES string of the molecule is CCC(=O)c1cc(SCCN)cc(C(=O)CC)n1. The van der Waals surface area contributed by atoms with Crippen LogP contribution < -0.4 is 5.73 Å². The van der Waals surface area contributed by atoms with Crippen molar-refractivity contribution in [1.29, 1.82) is 0 Å². The number of thioether (sulfide) groups is 1. The van der Waals surface area contributed by atoms with E-state index in [0.29, 0.717) is 30.8 Å². The van der Waals surface area contributed by atoms with Crippen LogP contribution in [0.25, 0.3) is 0 Å². The van der Waals surface area contributed by atoms with E-state index < -0.39 is 0 Å². The number of hydrogen-bond acceptors (Lipinski definition) is 5. The molecule has 98 valence electrons. The molecule has 0 saturated carbocycles. The van der Waals surface area contributed by atoms with E-state index >= 15 is 0 Å². The molecule has 0 aliphatic rings. The van der Waals surface area contributed by atoms with Crippen LogP contribution in [0.2, 0.25) is 0 Å². The highest BCUT2D eigenvalue weighted by atomic mass is 32.2. The Kier molecular flexibility index (Phi) is 6.01. The third-order valence-corrected chi connectivity index (χ3v) is 3.41. The van der Waals surface area contributed by atoms with E-state index in [2.05, 4.69) is 4.98 Å². The van der Waals surface area contributed by atoms with E-state index in [4.69, 9.17) is 5.73 Å². The first-order valence-electron chi connectivity index (χ1n) is 6.03. The summed E-state index contributed by atoms with van der Waals surface area (Å²) in [4.78, 5) is 28.4. The first kappa shape index (κ1) is 14.9. The topological polar surface area (TPSA) is 73.1 Å². The lowest BCUT2D eigenvalue weighted by atomic mass is 10.1. The molecular weight excluding hydrogens is 248 g/mol. The Bertz CT molecular complexity index is 412. The molecule has 0 aliphatic heterocycles. The summed E-state index contributed by atoms with van der Waals surface area (Å²) in [5.41, 5.74) is 6.20. The van der Waals surface area contributed by atoms with Crippen LogP contribution in [0.1, 0.15) is 47.7 Å². The number of nitrogens with two attached hydrogens (primary N) is 1. The molecular formula is C13H18N2O2S. The van der Waals surface area contributed by atoms with Gasteiger partial charge in [-0.1, -0.05) is 13.8 Å². The summed E-state index contributed by atoms with van der Waals surface area (Å²) in [7, 11) is 0. The van der Waals surface area contributed by atoms with Gasteiger partial charge in [0.15, 0.2) is 11.6 Å². The molecule has 4 nitrogen and oxygen atoms in total. The summed E-state index contributed by atoms with van der Waals surface area (Å²) < 4.78 is 0. The minimum absolute atomic E-state index is 0.0460. The standard InChI is InChI=1S/C13H18N2O2S/c1-3-12(16)10-7-9(18-6-5-14)8-11(15-10)13(17)4-2/h7-8H,3-6,14H2,1-2H3. The van der Waals surface area contributed by atoms with Gasteiger partial charge in [-0.3, -0.25) is 9.59 Å². The van der Waals surface area contributed by atoms with Crippen molar-refractivity contribution in [1.82, 2.24) is 4.98 Å². The Balaban J connectivity index is 3.11. The molecule has 5 heteroatoms. The highest BCUT2D eigenvalue weighted by molar-refractivity contribution is 7.99. The number of pyridine rings is 1. The van der Waals surface area contributed by atoms with Crippen LogP contribution in [0, 0.1) is 0 Å². The molecule has 0 aromatic carbocycles. The number of Topliss-reactive ketones (excluding diaryl/α,β-unsaturated/α-hetero) is 2. The van der Waals surface area contributed by atoms with Crippen LogP contribution in [-0.2, 0) is 0 Å². The zero-order valence-corrected chi connectivity index (χ0v) is 11.5. The number of nitrogens with zero attached hydrogens (tertiary/aromatic N) is 1. The lowest BCUT2D eigenvalue weighted by molar-refractivity contribution is 0.0979. The Morgan fingerprint density at radius 2 is 1.67 bits per heavy atom. The lowest BCUT2D eigenvalue weighted by Gasteiger charge is -2.06. The average Bonchev–Trinajstić information content (AvgIpc) is 2.42. The Hall–Kier alpha value is -1.20. The van der Waals surface area contributed by atoms with Crippen molar-refractivity contribution < 1.29 is 9.59 Å². The summed E-state index contributed by atoms with van der Waals surface area (Å²) in [5.74, 6) is 0.662. The second-order valence-corrected chi connectivity index (χ2v) is 4.93. The molecule has 0 saturated heterocycles. The molecule has 1 aromatic heterocycles. The van der Waals surface area contributed by atoms with Crippen LogP contribution in [0.5, 0.6) is 0 Å². The Morgan fingerprint density at radius 3 is 2.06 bits per heavy atom. The molecule has 0 atom stereocenters. The highest BCUT2D eigenvalue weighted by Gasteiger charge is 2.12. The molecule has 0 spiro atoms. The highest BCUT2D eigenvalue weighted by Crippen LogP contribution is 2.20. The summed E-state index contributed by atoms with van der Waals surface area (Å²) in [5, 5.41) is 0. The van der Waals surface area contributed by atoms with Gasteiger partial charge >= 0.3 is 0 Å². The number of hydrogen-bond donors (Lipinski definition) is 1. The first-order chi connectivity index (χ1) is 8.62. The van der Waals surface area contributed by atoms with E-state index in [9.17, 15) is 9.59 Å². The van der Waals surface area contributed by atoms with Crippen LogP contribution in [0.4, 0.5) is 0 Å². The third kappa shape index (κ3) is 3.92. The predicted octanol–water partition coefficient (Wildman–Crippen LogP) is 2.32. The molecule has 0 unspecified atom stereocenters. The lowest BCUT2D eigenvalue weighted by Crippen LogP contribution is -2.08. The van der Waals surface area contributed by atoms with Crippen LogP contribution in [0.15, 0.2) is 17.0 Å². The van der Waals surface area contributed by atoms with E-state index in [-0.39, 0.29) is 11.6 Å². The second-order valence-electron chi connectivity index (χ2n) is 3.76. The van der Waals surface area contributed by atoms with Crippen molar-refractivity contribution in [3.8, 4) is 0 Å². The number of carbonyl (C=O) groups excluding carboxylic acids is 2. The molecule has 0 radical (unpaired) electrons. The van der Waals surface area contributed by atoms with Crippen molar-refractivity contribution in [2.45, 2.75) is 31.6 Å². The van der Waals surface area contributed by atoms with Gasteiger partial charge in [0.2, 0.25) is 0 Å². The van der Waals surface area contributed by atoms with Gasteiger partial charge in [-0.2, -0.15) is 0 Å². The number of rotatable bonds is 7. The van der Waals surface area contributed by atoms with Crippen molar-refractivity contribution in [2.24, 2.45) is 5.73 Å². The minimum Gasteiger partial charge on any atom is -0.330 e. The molecule has 18 heavy (non-hydrogen) atoms. The zero-order valence-electron chi connectivity index (χ0n) is 10.7. The van der Waals surface area contributed by atoms with E-state index in [1.54, 1.807) is 26.0 Å². The van der Waals surface area contributed by atoms with Crippen molar-refractivity contribution >= 4 is 23.3 Å².